The van der Waals surface area contributed by atoms with Gasteiger partial charge >= 0.3 is 6.09 Å². The molecule has 4 nitrogen and oxygen atoms in total. The maximum Gasteiger partial charge on any atom is 0.412 e. The van der Waals surface area contributed by atoms with Gasteiger partial charge in [-0.25, -0.2) is 4.79 Å². The molecule has 0 radical (unpaired) electrons. The minimum absolute atomic E-state index is 0.238. The third kappa shape index (κ3) is 3.74. The van der Waals surface area contributed by atoms with Crippen molar-refractivity contribution in [1.29, 1.82) is 0 Å². The van der Waals surface area contributed by atoms with E-state index in [9.17, 15) is 4.79 Å². The Morgan fingerprint density at radius 2 is 1.74 bits per heavy atom. The number of anilines is 1. The summed E-state index contributed by atoms with van der Waals surface area (Å²) in [5, 5.41) is 2.65. The average molecular weight is 257 g/mol. The average Bonchev–Trinajstić information content (AvgIpc) is 2.47. The summed E-state index contributed by atoms with van der Waals surface area (Å²) in [6, 6.07) is 16.7. The number of rotatable bonds is 4. The van der Waals surface area contributed by atoms with Gasteiger partial charge in [-0.3, -0.25) is 5.32 Å². The van der Waals surface area contributed by atoms with E-state index in [1.807, 2.05) is 42.5 Å². The van der Waals surface area contributed by atoms with E-state index in [-0.39, 0.29) is 6.61 Å². The van der Waals surface area contributed by atoms with Crippen LogP contribution in [-0.4, -0.2) is 13.2 Å². The summed E-state index contributed by atoms with van der Waals surface area (Å²) >= 11 is 0. The smallest absolute Gasteiger partial charge is 0.412 e. The van der Waals surface area contributed by atoms with Crippen LogP contribution in [0.2, 0.25) is 0 Å². The lowest BCUT2D eigenvalue weighted by atomic mass is 10.2. The van der Waals surface area contributed by atoms with E-state index in [1.54, 1.807) is 19.2 Å². The summed E-state index contributed by atoms with van der Waals surface area (Å²) in [5.74, 6) is 0.596. The van der Waals surface area contributed by atoms with Gasteiger partial charge in [0.25, 0.3) is 0 Å². The monoisotopic (exact) mass is 257 g/mol. The Morgan fingerprint density at radius 3 is 2.47 bits per heavy atom. The predicted octanol–water partition coefficient (Wildman–Crippen LogP) is 3.44. The lowest BCUT2D eigenvalue weighted by Gasteiger charge is -2.10. The van der Waals surface area contributed by atoms with Crippen LogP contribution in [0.1, 0.15) is 5.56 Å². The summed E-state index contributed by atoms with van der Waals surface area (Å²) in [7, 11) is 1.55. The number of para-hydroxylation sites is 2. The number of amides is 1. The zero-order valence-electron chi connectivity index (χ0n) is 10.6. The Hall–Kier alpha value is -2.49. The zero-order chi connectivity index (χ0) is 13.5. The zero-order valence-corrected chi connectivity index (χ0v) is 10.6. The molecule has 0 atom stereocenters. The molecule has 0 aliphatic rings. The van der Waals surface area contributed by atoms with Crippen LogP contribution in [0.15, 0.2) is 54.6 Å². The third-order valence-corrected chi connectivity index (χ3v) is 2.56. The van der Waals surface area contributed by atoms with Crippen LogP contribution < -0.4 is 10.1 Å². The molecule has 4 heteroatoms. The fraction of sp³-hybridized carbons (Fsp3) is 0.133. The molecule has 1 amide bonds. The summed E-state index contributed by atoms with van der Waals surface area (Å²) in [4.78, 5) is 11.7. The van der Waals surface area contributed by atoms with Crippen molar-refractivity contribution >= 4 is 11.8 Å². The Bertz CT molecular complexity index is 540. The van der Waals surface area contributed by atoms with Crippen molar-refractivity contribution < 1.29 is 14.3 Å². The molecule has 98 valence electrons. The van der Waals surface area contributed by atoms with Crippen molar-refractivity contribution in [2.24, 2.45) is 0 Å². The van der Waals surface area contributed by atoms with Gasteiger partial charge in [0, 0.05) is 0 Å². The van der Waals surface area contributed by atoms with Gasteiger partial charge in [0.1, 0.15) is 12.4 Å². The molecule has 0 heterocycles. The molecule has 2 rings (SSSR count). The van der Waals surface area contributed by atoms with Crippen molar-refractivity contribution in [1.82, 2.24) is 0 Å². The summed E-state index contributed by atoms with van der Waals surface area (Å²) in [6.45, 7) is 0.238. The highest BCUT2D eigenvalue weighted by atomic mass is 16.5. The van der Waals surface area contributed by atoms with Crippen molar-refractivity contribution in [2.45, 2.75) is 6.61 Å². The number of methoxy groups -OCH3 is 1. The number of hydrogen-bond donors (Lipinski definition) is 1. The Kier molecular flexibility index (Phi) is 4.39. The van der Waals surface area contributed by atoms with Crippen molar-refractivity contribution in [2.75, 3.05) is 12.4 Å². The standard InChI is InChI=1S/C15H15NO3/c1-18-14-10-6-5-9-13(14)16-15(17)19-11-12-7-3-2-4-8-12/h2-10H,11H2,1H3,(H,16,17). The SMILES string of the molecule is COc1ccccc1NC(=O)OCc1ccccc1. The number of benzene rings is 2. The highest BCUT2D eigenvalue weighted by Gasteiger charge is 2.07. The summed E-state index contributed by atoms with van der Waals surface area (Å²) in [6.07, 6.45) is -0.506. The highest BCUT2D eigenvalue weighted by molar-refractivity contribution is 5.86. The molecule has 2 aromatic rings. The molecular weight excluding hydrogens is 242 g/mol. The van der Waals surface area contributed by atoms with Crippen LogP contribution >= 0.6 is 0 Å². The minimum atomic E-state index is -0.506. The first-order valence-electron chi connectivity index (χ1n) is 5.90. The van der Waals surface area contributed by atoms with Crippen LogP contribution in [0.5, 0.6) is 5.75 Å². The van der Waals surface area contributed by atoms with Crippen LogP contribution in [0.25, 0.3) is 0 Å². The van der Waals surface area contributed by atoms with E-state index < -0.39 is 6.09 Å². The molecule has 0 aromatic heterocycles. The second-order valence-electron chi connectivity index (χ2n) is 3.89. The molecule has 0 bridgehead atoms. The van der Waals surface area contributed by atoms with Gasteiger partial charge in [0.2, 0.25) is 0 Å². The fourth-order valence-corrected chi connectivity index (χ4v) is 1.62. The first-order chi connectivity index (χ1) is 9.29. The van der Waals surface area contributed by atoms with Crippen LogP contribution in [0, 0.1) is 0 Å². The van der Waals surface area contributed by atoms with E-state index in [2.05, 4.69) is 5.32 Å². The van der Waals surface area contributed by atoms with Gasteiger partial charge in [0.15, 0.2) is 0 Å². The van der Waals surface area contributed by atoms with Gasteiger partial charge in [-0.1, -0.05) is 42.5 Å². The second-order valence-corrected chi connectivity index (χ2v) is 3.89. The molecule has 0 unspecified atom stereocenters. The Labute approximate surface area is 112 Å². The molecule has 0 fully saturated rings. The molecule has 0 saturated carbocycles. The Balaban J connectivity index is 1.91. The lowest BCUT2D eigenvalue weighted by molar-refractivity contribution is 0.155. The van der Waals surface area contributed by atoms with Gasteiger partial charge in [0.05, 0.1) is 12.8 Å². The largest absolute Gasteiger partial charge is 0.495 e. The van der Waals surface area contributed by atoms with E-state index >= 15 is 0 Å². The topological polar surface area (TPSA) is 47.6 Å². The van der Waals surface area contributed by atoms with Gasteiger partial charge in [-0.2, -0.15) is 0 Å². The lowest BCUT2D eigenvalue weighted by Crippen LogP contribution is -2.14. The van der Waals surface area contributed by atoms with E-state index in [0.29, 0.717) is 11.4 Å². The Morgan fingerprint density at radius 1 is 1.05 bits per heavy atom. The molecular formula is C15H15NO3. The van der Waals surface area contributed by atoms with Crippen LogP contribution in [-0.2, 0) is 11.3 Å². The molecule has 1 N–H and O–H groups in total. The third-order valence-electron chi connectivity index (χ3n) is 2.56. The van der Waals surface area contributed by atoms with Crippen molar-refractivity contribution in [3.05, 3.63) is 60.2 Å². The molecule has 0 aliphatic carbocycles. The molecule has 0 aliphatic heterocycles. The molecule has 19 heavy (non-hydrogen) atoms. The number of hydrogen-bond acceptors (Lipinski definition) is 3. The van der Waals surface area contributed by atoms with Gasteiger partial charge < -0.3 is 9.47 Å². The van der Waals surface area contributed by atoms with E-state index in [4.69, 9.17) is 9.47 Å². The quantitative estimate of drug-likeness (QED) is 0.912. The number of carbonyl (C=O) groups excluding carboxylic acids is 1. The molecule has 0 spiro atoms. The first kappa shape index (κ1) is 13.0. The molecule has 2 aromatic carbocycles. The van der Waals surface area contributed by atoms with Crippen molar-refractivity contribution in [3.63, 3.8) is 0 Å². The fourth-order valence-electron chi connectivity index (χ4n) is 1.62. The van der Waals surface area contributed by atoms with Gasteiger partial charge in [-0.05, 0) is 17.7 Å². The summed E-state index contributed by atoms with van der Waals surface area (Å²) in [5.41, 5.74) is 1.53. The van der Waals surface area contributed by atoms with Crippen LogP contribution in [0.3, 0.4) is 0 Å². The minimum Gasteiger partial charge on any atom is -0.495 e. The number of carbonyl (C=O) groups is 1. The maximum atomic E-state index is 11.7. The number of nitrogens with one attached hydrogen (secondary N) is 1. The first-order valence-corrected chi connectivity index (χ1v) is 5.90. The normalized spacial score (nSPS) is 9.74. The molecule has 0 saturated heterocycles. The van der Waals surface area contributed by atoms with E-state index in [1.165, 1.54) is 0 Å². The van der Waals surface area contributed by atoms with Crippen LogP contribution in [0.4, 0.5) is 10.5 Å². The van der Waals surface area contributed by atoms with Crippen molar-refractivity contribution in [3.8, 4) is 5.75 Å². The van der Waals surface area contributed by atoms with Gasteiger partial charge in [-0.15, -0.1) is 0 Å². The maximum absolute atomic E-state index is 11.7. The highest BCUT2D eigenvalue weighted by Crippen LogP contribution is 2.23. The second kappa shape index (κ2) is 6.44. The number of ether oxygens (including phenoxy) is 2. The summed E-state index contributed by atoms with van der Waals surface area (Å²) < 4.78 is 10.3. The van der Waals surface area contributed by atoms with E-state index in [0.717, 1.165) is 5.56 Å². The predicted molar refractivity (Wildman–Crippen MR) is 73.2 cm³/mol.